The first-order chi connectivity index (χ1) is 9.55. The third-order valence-electron chi connectivity index (χ3n) is 3.28. The molecule has 1 aliphatic rings. The number of carbonyl (C=O) groups excluding carboxylic acids is 2. The average Bonchev–Trinajstić information content (AvgIpc) is 2.79. The number of hydroxylamine groups is 2. The number of hydrogen-bond donors (Lipinski definition) is 0. The van der Waals surface area contributed by atoms with Crippen LogP contribution in [0, 0.1) is 11.6 Å². The molecule has 0 aliphatic heterocycles. The van der Waals surface area contributed by atoms with Crippen LogP contribution < -0.4 is 0 Å². The lowest BCUT2D eigenvalue weighted by molar-refractivity contribution is -0.198. The monoisotopic (exact) mass is 283 g/mol. The molecule has 6 heteroatoms. The van der Waals surface area contributed by atoms with Crippen LogP contribution in [0.15, 0.2) is 12.1 Å². The number of halogens is 2. The van der Waals surface area contributed by atoms with Gasteiger partial charge in [-0.1, -0.05) is 6.92 Å². The highest BCUT2D eigenvalue weighted by molar-refractivity contribution is 5.70. The molecule has 0 saturated carbocycles. The second kappa shape index (κ2) is 5.98. The summed E-state index contributed by atoms with van der Waals surface area (Å²) in [6.07, 6.45) is 1.94. The third-order valence-corrected chi connectivity index (χ3v) is 3.28. The molecule has 0 radical (unpaired) electrons. The summed E-state index contributed by atoms with van der Waals surface area (Å²) in [5.41, 5.74) is 1.26. The van der Waals surface area contributed by atoms with E-state index in [0.29, 0.717) is 36.8 Å². The predicted molar refractivity (Wildman–Crippen MR) is 66.5 cm³/mol. The molecule has 0 atom stereocenters. The van der Waals surface area contributed by atoms with E-state index in [1.807, 2.05) is 6.92 Å². The zero-order valence-electron chi connectivity index (χ0n) is 11.1. The van der Waals surface area contributed by atoms with Gasteiger partial charge in [-0.05, 0) is 42.5 Å². The molecular weight excluding hydrogens is 268 g/mol. The fourth-order valence-corrected chi connectivity index (χ4v) is 2.32. The van der Waals surface area contributed by atoms with Gasteiger partial charge in [0.15, 0.2) is 11.6 Å². The standard InChI is InChI=1S/C14H15F2NO3/c1-2-3-14(19)20-17(8-18)11-4-9-6-12(15)13(16)7-10(9)5-11/h6-8,11H,2-5H2,1H3. The van der Waals surface area contributed by atoms with Crippen molar-refractivity contribution >= 4 is 12.4 Å². The molecule has 0 aromatic heterocycles. The van der Waals surface area contributed by atoms with E-state index in [1.165, 1.54) is 0 Å². The van der Waals surface area contributed by atoms with E-state index >= 15 is 0 Å². The molecule has 108 valence electrons. The summed E-state index contributed by atoms with van der Waals surface area (Å²) in [7, 11) is 0. The van der Waals surface area contributed by atoms with E-state index < -0.39 is 23.6 Å². The van der Waals surface area contributed by atoms with Crippen molar-refractivity contribution in [3.8, 4) is 0 Å². The van der Waals surface area contributed by atoms with Crippen molar-refractivity contribution < 1.29 is 23.2 Å². The largest absolute Gasteiger partial charge is 0.338 e. The van der Waals surface area contributed by atoms with Gasteiger partial charge in [0.05, 0.1) is 6.04 Å². The fourth-order valence-electron chi connectivity index (χ4n) is 2.32. The summed E-state index contributed by atoms with van der Waals surface area (Å²) in [6.45, 7) is 1.82. The second-order valence-corrected chi connectivity index (χ2v) is 4.78. The maximum atomic E-state index is 13.2. The zero-order valence-corrected chi connectivity index (χ0v) is 11.1. The smallest absolute Gasteiger partial charge is 0.332 e. The highest BCUT2D eigenvalue weighted by atomic mass is 19.2. The lowest BCUT2D eigenvalue weighted by atomic mass is 10.1. The molecule has 1 aromatic carbocycles. The Labute approximate surface area is 115 Å². The van der Waals surface area contributed by atoms with Crippen molar-refractivity contribution in [2.75, 3.05) is 0 Å². The van der Waals surface area contributed by atoms with E-state index in [0.717, 1.165) is 17.2 Å². The van der Waals surface area contributed by atoms with Gasteiger partial charge in [0.25, 0.3) is 0 Å². The summed E-state index contributed by atoms with van der Waals surface area (Å²) in [4.78, 5) is 27.4. The Hall–Kier alpha value is -1.98. The first-order valence-corrected chi connectivity index (χ1v) is 6.46. The summed E-state index contributed by atoms with van der Waals surface area (Å²) in [5.74, 6) is -2.32. The minimum Gasteiger partial charge on any atom is -0.338 e. The van der Waals surface area contributed by atoms with Crippen molar-refractivity contribution in [1.29, 1.82) is 0 Å². The van der Waals surface area contributed by atoms with Crippen molar-refractivity contribution in [2.45, 2.75) is 38.6 Å². The van der Waals surface area contributed by atoms with Crippen molar-refractivity contribution in [3.63, 3.8) is 0 Å². The third kappa shape index (κ3) is 2.95. The maximum absolute atomic E-state index is 13.2. The number of rotatable bonds is 5. The van der Waals surface area contributed by atoms with Gasteiger partial charge in [-0.25, -0.2) is 13.6 Å². The van der Waals surface area contributed by atoms with Crippen LogP contribution in [0.5, 0.6) is 0 Å². The zero-order chi connectivity index (χ0) is 14.7. The average molecular weight is 283 g/mol. The fraction of sp³-hybridized carbons (Fsp3) is 0.429. The topological polar surface area (TPSA) is 46.6 Å². The first-order valence-electron chi connectivity index (χ1n) is 6.46. The Morgan fingerprint density at radius 1 is 1.35 bits per heavy atom. The molecule has 0 N–H and O–H groups in total. The molecule has 0 saturated heterocycles. The van der Waals surface area contributed by atoms with Crippen LogP contribution >= 0.6 is 0 Å². The summed E-state index contributed by atoms with van der Waals surface area (Å²) >= 11 is 0. The van der Waals surface area contributed by atoms with Gasteiger partial charge in [0.1, 0.15) is 0 Å². The van der Waals surface area contributed by atoms with E-state index in [9.17, 15) is 18.4 Å². The SMILES string of the molecule is CCCC(=O)ON(C=O)C1Cc2cc(F)c(F)cc2C1. The van der Waals surface area contributed by atoms with Crippen molar-refractivity contribution in [3.05, 3.63) is 34.9 Å². The number of benzene rings is 1. The highest BCUT2D eigenvalue weighted by Gasteiger charge is 2.30. The predicted octanol–water partition coefficient (Wildman–Crippen LogP) is 2.15. The molecule has 1 aromatic rings. The molecule has 4 nitrogen and oxygen atoms in total. The molecular formula is C14H15F2NO3. The van der Waals surface area contributed by atoms with E-state index in [4.69, 9.17) is 4.84 Å². The van der Waals surface area contributed by atoms with Crippen LogP contribution in [0.4, 0.5) is 8.78 Å². The second-order valence-electron chi connectivity index (χ2n) is 4.78. The van der Waals surface area contributed by atoms with Gasteiger partial charge in [0, 0.05) is 6.42 Å². The highest BCUT2D eigenvalue weighted by Crippen LogP contribution is 2.27. The quantitative estimate of drug-likeness (QED) is 0.614. The van der Waals surface area contributed by atoms with E-state index in [-0.39, 0.29) is 6.42 Å². The molecule has 1 aliphatic carbocycles. The van der Waals surface area contributed by atoms with E-state index in [1.54, 1.807) is 0 Å². The normalized spacial score (nSPS) is 13.9. The molecule has 0 bridgehead atoms. The number of fused-ring (bicyclic) bond motifs is 1. The van der Waals surface area contributed by atoms with Crippen LogP contribution in [0.1, 0.15) is 30.9 Å². The lowest BCUT2D eigenvalue weighted by Crippen LogP contribution is -2.36. The van der Waals surface area contributed by atoms with Crippen LogP contribution in [0.3, 0.4) is 0 Å². The molecule has 2 rings (SSSR count). The molecule has 1 amide bonds. The van der Waals surface area contributed by atoms with Crippen molar-refractivity contribution in [2.24, 2.45) is 0 Å². The maximum Gasteiger partial charge on any atom is 0.332 e. The Kier molecular flexibility index (Phi) is 4.32. The molecule has 0 heterocycles. The Bertz CT molecular complexity index is 502. The van der Waals surface area contributed by atoms with Crippen LogP contribution in [-0.2, 0) is 27.3 Å². The van der Waals surface area contributed by atoms with Crippen LogP contribution in [-0.4, -0.2) is 23.5 Å². The molecule has 0 spiro atoms. The van der Waals surface area contributed by atoms with Crippen LogP contribution in [0.25, 0.3) is 0 Å². The Morgan fingerprint density at radius 2 is 1.90 bits per heavy atom. The van der Waals surface area contributed by atoms with Gasteiger partial charge >= 0.3 is 5.97 Å². The van der Waals surface area contributed by atoms with Crippen molar-refractivity contribution in [1.82, 2.24) is 5.06 Å². The van der Waals surface area contributed by atoms with Crippen LogP contribution in [0.2, 0.25) is 0 Å². The van der Waals surface area contributed by atoms with Gasteiger partial charge < -0.3 is 4.84 Å². The Balaban J connectivity index is 2.08. The van der Waals surface area contributed by atoms with E-state index in [2.05, 4.69) is 0 Å². The number of hydrogen-bond acceptors (Lipinski definition) is 3. The first kappa shape index (κ1) is 14.4. The molecule has 0 fully saturated rings. The lowest BCUT2D eigenvalue weighted by Gasteiger charge is -2.22. The number of amides is 1. The van der Waals surface area contributed by atoms with Gasteiger partial charge in [-0.2, -0.15) is 5.06 Å². The van der Waals surface area contributed by atoms with Gasteiger partial charge in [-0.15, -0.1) is 0 Å². The molecule has 0 unspecified atom stereocenters. The molecule has 20 heavy (non-hydrogen) atoms. The summed E-state index contributed by atoms with van der Waals surface area (Å²) in [6, 6.07) is 1.84. The number of carbonyl (C=O) groups is 2. The number of nitrogens with zero attached hydrogens (tertiary/aromatic N) is 1. The minimum atomic E-state index is -0.912. The van der Waals surface area contributed by atoms with Gasteiger partial charge in [-0.3, -0.25) is 4.79 Å². The minimum absolute atomic E-state index is 0.216. The summed E-state index contributed by atoms with van der Waals surface area (Å²) in [5, 5.41) is 0.938. The van der Waals surface area contributed by atoms with Gasteiger partial charge in [0.2, 0.25) is 6.41 Å². The summed E-state index contributed by atoms with van der Waals surface area (Å²) < 4.78 is 26.3. The Morgan fingerprint density at radius 3 is 2.35 bits per heavy atom.